The predicted molar refractivity (Wildman–Crippen MR) is 122 cm³/mol. The largest absolute Gasteiger partial charge is 0.493 e. The van der Waals surface area contributed by atoms with Crippen molar-refractivity contribution in [1.82, 2.24) is 14.9 Å². The van der Waals surface area contributed by atoms with Crippen molar-refractivity contribution in [3.05, 3.63) is 54.0 Å². The van der Waals surface area contributed by atoms with Crippen LogP contribution in [-0.4, -0.2) is 53.3 Å². The van der Waals surface area contributed by atoms with Crippen LogP contribution in [-0.2, 0) is 0 Å². The highest BCUT2D eigenvalue weighted by molar-refractivity contribution is 5.89. The molecule has 1 aromatic heterocycles. The van der Waals surface area contributed by atoms with Crippen molar-refractivity contribution in [2.24, 2.45) is 0 Å². The summed E-state index contributed by atoms with van der Waals surface area (Å²) in [5.41, 5.74) is 3.32. The Labute approximate surface area is 187 Å². The molecule has 1 aliphatic rings. The summed E-state index contributed by atoms with van der Waals surface area (Å²) in [7, 11) is 3.22. The summed E-state index contributed by atoms with van der Waals surface area (Å²) in [6, 6.07) is 10.9. The van der Waals surface area contributed by atoms with Gasteiger partial charge in [-0.25, -0.2) is 14.8 Å². The van der Waals surface area contributed by atoms with Crippen molar-refractivity contribution in [2.75, 3.05) is 32.6 Å². The van der Waals surface area contributed by atoms with Crippen molar-refractivity contribution in [3.8, 4) is 11.5 Å². The lowest BCUT2D eigenvalue weighted by molar-refractivity contribution is 0.194. The SMILES string of the molecule is COc1cc2ncnc(C3CCN(C(=O)Nc4ccc(C(C)O)cc4)CC3)c2cc1OC. The number of nitrogens with zero attached hydrogens (tertiary/aromatic N) is 3. The minimum absolute atomic E-state index is 0.118. The molecule has 168 valence electrons. The Balaban J connectivity index is 1.44. The van der Waals surface area contributed by atoms with Crippen LogP contribution < -0.4 is 14.8 Å². The van der Waals surface area contributed by atoms with Crippen LogP contribution in [0.25, 0.3) is 10.9 Å². The van der Waals surface area contributed by atoms with Crippen LogP contribution in [0, 0.1) is 0 Å². The summed E-state index contributed by atoms with van der Waals surface area (Å²) in [5, 5.41) is 13.5. The molecule has 2 heterocycles. The van der Waals surface area contributed by atoms with E-state index in [1.807, 2.05) is 29.2 Å². The molecule has 0 bridgehead atoms. The van der Waals surface area contributed by atoms with E-state index in [1.54, 1.807) is 39.6 Å². The molecule has 1 saturated heterocycles. The number of hydrogen-bond acceptors (Lipinski definition) is 6. The number of anilines is 1. The maximum atomic E-state index is 12.7. The van der Waals surface area contributed by atoms with Crippen LogP contribution in [0.2, 0.25) is 0 Å². The van der Waals surface area contributed by atoms with Crippen molar-refractivity contribution >= 4 is 22.6 Å². The van der Waals surface area contributed by atoms with Gasteiger partial charge < -0.3 is 24.8 Å². The Morgan fingerprint density at radius 2 is 1.75 bits per heavy atom. The summed E-state index contributed by atoms with van der Waals surface area (Å²) in [6.45, 7) is 2.99. The second-order valence-corrected chi connectivity index (χ2v) is 7.97. The molecule has 0 radical (unpaired) electrons. The molecular formula is C24H28N4O4. The Hall–Kier alpha value is -3.39. The smallest absolute Gasteiger partial charge is 0.321 e. The van der Waals surface area contributed by atoms with E-state index in [-0.39, 0.29) is 11.9 Å². The Kier molecular flexibility index (Phi) is 6.41. The van der Waals surface area contributed by atoms with Crippen LogP contribution >= 0.6 is 0 Å². The number of hydrogen-bond donors (Lipinski definition) is 2. The van der Waals surface area contributed by atoms with E-state index >= 15 is 0 Å². The number of piperidine rings is 1. The molecule has 2 N–H and O–H groups in total. The Bertz CT molecular complexity index is 1090. The highest BCUT2D eigenvalue weighted by atomic mass is 16.5. The number of aliphatic hydroxyl groups excluding tert-OH is 1. The zero-order chi connectivity index (χ0) is 22.7. The molecule has 8 nitrogen and oxygen atoms in total. The number of carbonyl (C=O) groups is 1. The molecule has 0 saturated carbocycles. The van der Waals surface area contributed by atoms with E-state index in [0.717, 1.165) is 35.0 Å². The standard InChI is InChI=1S/C24H28N4O4/c1-15(29)16-4-6-18(7-5-16)27-24(30)28-10-8-17(9-11-28)23-19-12-21(31-2)22(32-3)13-20(19)25-14-26-23/h4-7,12-15,17,29H,8-11H2,1-3H3,(H,27,30). The third-order valence-corrected chi connectivity index (χ3v) is 5.98. The number of benzene rings is 2. The van der Waals surface area contributed by atoms with E-state index in [1.165, 1.54) is 0 Å². The molecule has 2 aromatic carbocycles. The number of methoxy groups -OCH3 is 2. The van der Waals surface area contributed by atoms with Crippen molar-refractivity contribution in [1.29, 1.82) is 0 Å². The zero-order valence-electron chi connectivity index (χ0n) is 18.5. The van der Waals surface area contributed by atoms with Gasteiger partial charge in [-0.05, 0) is 43.5 Å². The topological polar surface area (TPSA) is 96.8 Å². The highest BCUT2D eigenvalue weighted by Gasteiger charge is 2.26. The number of fused-ring (bicyclic) bond motifs is 1. The number of ether oxygens (including phenoxy) is 2. The van der Waals surface area contributed by atoms with Gasteiger partial charge in [-0.3, -0.25) is 0 Å². The van der Waals surface area contributed by atoms with Gasteiger partial charge >= 0.3 is 6.03 Å². The number of nitrogens with one attached hydrogen (secondary N) is 1. The first-order chi connectivity index (χ1) is 15.5. The van der Waals surface area contributed by atoms with E-state index < -0.39 is 6.10 Å². The van der Waals surface area contributed by atoms with Gasteiger partial charge in [0.2, 0.25) is 0 Å². The molecule has 1 fully saturated rings. The average molecular weight is 437 g/mol. The lowest BCUT2D eigenvalue weighted by Gasteiger charge is -2.32. The highest BCUT2D eigenvalue weighted by Crippen LogP contribution is 2.36. The minimum atomic E-state index is -0.530. The van der Waals surface area contributed by atoms with Gasteiger partial charge in [-0.1, -0.05) is 12.1 Å². The number of aromatic nitrogens is 2. The van der Waals surface area contributed by atoms with Gasteiger partial charge in [0, 0.05) is 36.1 Å². The van der Waals surface area contributed by atoms with Gasteiger partial charge in [0.25, 0.3) is 0 Å². The summed E-state index contributed by atoms with van der Waals surface area (Å²) in [6.07, 6.45) is 2.68. The molecular weight excluding hydrogens is 408 g/mol. The molecule has 4 rings (SSSR count). The van der Waals surface area contributed by atoms with Crippen molar-refractivity contribution in [3.63, 3.8) is 0 Å². The molecule has 2 amide bonds. The number of carbonyl (C=O) groups excluding carboxylic acids is 1. The molecule has 1 unspecified atom stereocenters. The average Bonchev–Trinajstić information content (AvgIpc) is 2.83. The van der Waals surface area contributed by atoms with Crippen LogP contribution in [0.4, 0.5) is 10.5 Å². The first kappa shape index (κ1) is 21.8. The van der Waals surface area contributed by atoms with Crippen molar-refractivity contribution in [2.45, 2.75) is 31.8 Å². The molecule has 3 aromatic rings. The monoisotopic (exact) mass is 436 g/mol. The molecule has 1 atom stereocenters. The Morgan fingerprint density at radius 1 is 1.09 bits per heavy atom. The van der Waals surface area contributed by atoms with Gasteiger partial charge in [-0.2, -0.15) is 0 Å². The maximum absolute atomic E-state index is 12.7. The van der Waals surface area contributed by atoms with Gasteiger partial charge in [0.05, 0.1) is 31.5 Å². The van der Waals surface area contributed by atoms with Gasteiger partial charge in [0.15, 0.2) is 11.5 Å². The van der Waals surface area contributed by atoms with Crippen LogP contribution in [0.1, 0.15) is 43.0 Å². The molecule has 8 heteroatoms. The van der Waals surface area contributed by atoms with Crippen molar-refractivity contribution < 1.29 is 19.4 Å². The first-order valence-electron chi connectivity index (χ1n) is 10.7. The maximum Gasteiger partial charge on any atom is 0.321 e. The van der Waals surface area contributed by atoms with Crippen LogP contribution in [0.3, 0.4) is 0 Å². The van der Waals surface area contributed by atoms with E-state index in [2.05, 4.69) is 15.3 Å². The predicted octanol–water partition coefficient (Wildman–Crippen LogP) is 4.11. The number of urea groups is 1. The minimum Gasteiger partial charge on any atom is -0.493 e. The normalized spacial score (nSPS) is 15.4. The fraction of sp³-hybridized carbons (Fsp3) is 0.375. The van der Waals surface area contributed by atoms with Crippen LogP contribution in [0.5, 0.6) is 11.5 Å². The molecule has 32 heavy (non-hydrogen) atoms. The first-order valence-corrected chi connectivity index (χ1v) is 10.7. The molecule has 0 aliphatic carbocycles. The lowest BCUT2D eigenvalue weighted by Crippen LogP contribution is -2.40. The molecule has 0 spiro atoms. The third-order valence-electron chi connectivity index (χ3n) is 5.98. The number of aliphatic hydroxyl groups is 1. The summed E-state index contributed by atoms with van der Waals surface area (Å²) >= 11 is 0. The second kappa shape index (κ2) is 9.40. The number of rotatable bonds is 5. The summed E-state index contributed by atoms with van der Waals surface area (Å²) < 4.78 is 10.8. The quantitative estimate of drug-likeness (QED) is 0.625. The number of likely N-dealkylation sites (tertiary alicyclic amines) is 1. The second-order valence-electron chi connectivity index (χ2n) is 7.97. The van der Waals surface area contributed by atoms with Crippen LogP contribution in [0.15, 0.2) is 42.7 Å². The Morgan fingerprint density at radius 3 is 2.38 bits per heavy atom. The van der Waals surface area contributed by atoms with E-state index in [0.29, 0.717) is 30.3 Å². The van der Waals surface area contributed by atoms with E-state index in [4.69, 9.17) is 9.47 Å². The van der Waals surface area contributed by atoms with E-state index in [9.17, 15) is 9.90 Å². The van der Waals surface area contributed by atoms with Gasteiger partial charge in [-0.15, -0.1) is 0 Å². The lowest BCUT2D eigenvalue weighted by atomic mass is 9.91. The number of amides is 2. The summed E-state index contributed by atoms with van der Waals surface area (Å²) in [4.78, 5) is 23.5. The zero-order valence-corrected chi connectivity index (χ0v) is 18.5. The van der Waals surface area contributed by atoms with Gasteiger partial charge in [0.1, 0.15) is 6.33 Å². The fourth-order valence-corrected chi connectivity index (χ4v) is 4.13. The third kappa shape index (κ3) is 4.45. The summed E-state index contributed by atoms with van der Waals surface area (Å²) in [5.74, 6) is 1.51. The fourth-order valence-electron chi connectivity index (χ4n) is 4.13. The molecule has 1 aliphatic heterocycles.